The van der Waals surface area contributed by atoms with Crippen LogP contribution in [0.2, 0.25) is 0 Å². The number of likely N-dealkylation sites (tertiary alicyclic amines) is 1. The number of benzene rings is 1. The fourth-order valence-corrected chi connectivity index (χ4v) is 10.4. The standard InChI is InChI=1S/C58H85N19O14S/c1-7-29(2)46(76-54(87)44-15-11-18-77(44)56(89)43(22-35-26-63-28-67-35)75-53(86)41(72-47(80)30(3)59)21-34-25-62-27-66-34)55(88)74-40(20-33-24-65-37-13-9-8-12-36(33)37)51(84)68-31(4)48(81)70-38(14-10-17-64-58(60)61)49(82)71-39(16-19-92-6)50(83)73-42(23-45(78)79)52(85)69-32(5)57(90)91/h8-9,12-13,24-32,38-44,46,65H,7,10-11,14-23,59H2,1-6H3,(H,62,66)(H,63,67)(H,68,84)(H,69,85)(H,70,81)(H,71,82)(H,72,80)(H,73,83)(H,74,88)(H,75,86)(H,76,87)(H,78,79)(H,90,91)(H4,60,61,64)/t29-,30-,31-,32-,38-,39-,40-,41-,42-,43-,44-,46-/m0/s1. The monoisotopic (exact) mass is 1300 g/mol. The van der Waals surface area contributed by atoms with Gasteiger partial charge in [0.15, 0.2) is 5.96 Å². The predicted molar refractivity (Wildman–Crippen MR) is 336 cm³/mol. The molecule has 1 saturated heterocycles. The number of aromatic amines is 3. The molecular formula is C58H85N19O14S. The van der Waals surface area contributed by atoms with Crippen LogP contribution in [0, 0.1) is 5.92 Å². The number of aromatic nitrogens is 5. The predicted octanol–water partition coefficient (Wildman–Crippen LogP) is -3.20. The molecule has 1 aliphatic rings. The van der Waals surface area contributed by atoms with E-state index in [4.69, 9.17) is 17.2 Å². The lowest BCUT2D eigenvalue weighted by Crippen LogP contribution is -2.61. The van der Waals surface area contributed by atoms with Gasteiger partial charge in [0.25, 0.3) is 0 Å². The molecule has 12 atom stereocenters. The number of nitrogens with zero attached hydrogens (tertiary/aromatic N) is 4. The molecule has 4 aromatic rings. The van der Waals surface area contributed by atoms with Crippen LogP contribution in [0.4, 0.5) is 0 Å². The van der Waals surface area contributed by atoms with Gasteiger partial charge in [0.2, 0.25) is 59.1 Å². The summed E-state index contributed by atoms with van der Waals surface area (Å²) in [7, 11) is 0. The zero-order valence-corrected chi connectivity index (χ0v) is 52.9. The SMILES string of the molecule is CC[C@H](C)[C@H](NC(=O)[C@@H]1CCCN1C(=O)[C@H](Cc1cnc[nH]1)NC(=O)[C@H](Cc1cnc[nH]1)NC(=O)[C@H](C)N)C(=O)N[C@@H](Cc1c[nH]c2ccccc12)C(=O)N[C@@H](C)C(=O)N[C@@H](CCCN=C(N)N)C(=O)N[C@@H](CCSC)C(=O)N[C@@H](CC(=O)O)C(=O)N[C@@H](C)C(=O)O. The minimum Gasteiger partial charge on any atom is -0.481 e. The third-order valence-corrected chi connectivity index (χ3v) is 15.9. The molecule has 34 heteroatoms. The molecule has 0 radical (unpaired) electrons. The van der Waals surface area contributed by atoms with Crippen molar-refractivity contribution >= 4 is 99.6 Å². The van der Waals surface area contributed by atoms with Crippen molar-refractivity contribution in [2.24, 2.45) is 28.1 Å². The molecule has 0 spiro atoms. The van der Waals surface area contributed by atoms with E-state index in [0.29, 0.717) is 40.7 Å². The number of carboxylic acid groups (broad SMARTS) is 2. The molecule has 1 aromatic carbocycles. The molecule has 92 heavy (non-hydrogen) atoms. The summed E-state index contributed by atoms with van der Waals surface area (Å²) in [6.07, 6.45) is 8.70. The Hall–Kier alpha value is -9.60. The molecule has 502 valence electrons. The summed E-state index contributed by atoms with van der Waals surface area (Å²) in [6, 6.07) is -7.64. The lowest BCUT2D eigenvalue weighted by Gasteiger charge is -2.32. The van der Waals surface area contributed by atoms with E-state index in [1.165, 1.54) is 55.6 Å². The number of carboxylic acids is 2. The number of aliphatic carboxylic acids is 2. The maximum atomic E-state index is 14.8. The molecular weight excluding hydrogens is 1220 g/mol. The molecule has 0 saturated carbocycles. The second-order valence-corrected chi connectivity index (χ2v) is 23.5. The first-order chi connectivity index (χ1) is 43.7. The summed E-state index contributed by atoms with van der Waals surface area (Å²) in [5, 5.41) is 42.8. The number of guanidine groups is 1. The number of amides is 10. The van der Waals surface area contributed by atoms with Gasteiger partial charge < -0.3 is 95.1 Å². The first-order valence-corrected chi connectivity index (χ1v) is 31.4. The van der Waals surface area contributed by atoms with Crippen molar-refractivity contribution in [2.45, 2.75) is 165 Å². The highest BCUT2D eigenvalue weighted by Gasteiger charge is 2.42. The number of hydrogen-bond acceptors (Lipinski definition) is 17. The van der Waals surface area contributed by atoms with Crippen molar-refractivity contribution in [2.75, 3.05) is 25.1 Å². The normalized spacial score (nSPS) is 16.4. The average molecular weight is 1300 g/mol. The third kappa shape index (κ3) is 22.1. The molecule has 1 aliphatic heterocycles. The molecule has 20 N–H and O–H groups in total. The Morgan fingerprint density at radius 1 is 0.663 bits per heavy atom. The number of imidazole rings is 2. The van der Waals surface area contributed by atoms with Crippen molar-refractivity contribution in [3.05, 3.63) is 72.5 Å². The quantitative estimate of drug-likeness (QED) is 0.0120. The van der Waals surface area contributed by atoms with Crippen LogP contribution in [-0.2, 0) is 76.8 Å². The van der Waals surface area contributed by atoms with Crippen LogP contribution in [0.5, 0.6) is 0 Å². The van der Waals surface area contributed by atoms with E-state index in [0.717, 1.165) is 6.92 Å². The van der Waals surface area contributed by atoms with E-state index >= 15 is 0 Å². The minimum atomic E-state index is -1.76. The molecule has 1 fully saturated rings. The summed E-state index contributed by atoms with van der Waals surface area (Å²) < 4.78 is 0. The van der Waals surface area contributed by atoms with E-state index in [9.17, 15) is 67.7 Å². The molecule has 0 bridgehead atoms. The number of fused-ring (bicyclic) bond motifs is 1. The van der Waals surface area contributed by atoms with Gasteiger partial charge in [0.05, 0.1) is 25.1 Å². The molecule has 5 rings (SSSR count). The highest BCUT2D eigenvalue weighted by Crippen LogP contribution is 2.23. The molecule has 33 nitrogen and oxygen atoms in total. The number of carbonyl (C=O) groups excluding carboxylic acids is 10. The van der Waals surface area contributed by atoms with E-state index < -0.39 is 150 Å². The van der Waals surface area contributed by atoms with Gasteiger partial charge in [-0.15, -0.1) is 0 Å². The number of thioether (sulfide) groups is 1. The summed E-state index contributed by atoms with van der Waals surface area (Å²) in [4.78, 5) is 186. The lowest BCUT2D eigenvalue weighted by atomic mass is 9.96. The summed E-state index contributed by atoms with van der Waals surface area (Å²) in [6.45, 7) is 7.50. The fraction of sp³-hybridized carbons (Fsp3) is 0.534. The zero-order chi connectivity index (χ0) is 67.8. The molecule has 4 heterocycles. The Balaban J connectivity index is 1.37. The van der Waals surface area contributed by atoms with Gasteiger partial charge in [0, 0.05) is 73.2 Å². The number of rotatable bonds is 37. The summed E-state index contributed by atoms with van der Waals surface area (Å²) >= 11 is 1.29. The van der Waals surface area contributed by atoms with Gasteiger partial charge in [0.1, 0.15) is 60.4 Å². The van der Waals surface area contributed by atoms with E-state index in [2.05, 4.69) is 77.8 Å². The number of hydrogen-bond donors (Lipinski definition) is 17. The highest BCUT2D eigenvalue weighted by atomic mass is 32.2. The second-order valence-electron chi connectivity index (χ2n) is 22.5. The maximum Gasteiger partial charge on any atom is 0.325 e. The van der Waals surface area contributed by atoms with Gasteiger partial charge in [-0.2, -0.15) is 11.8 Å². The highest BCUT2D eigenvalue weighted by molar-refractivity contribution is 7.98. The second kappa shape index (κ2) is 35.7. The first kappa shape index (κ1) is 73.1. The first-order valence-electron chi connectivity index (χ1n) is 30.0. The Bertz CT molecular complexity index is 3230. The van der Waals surface area contributed by atoms with Crippen LogP contribution in [-0.4, -0.2) is 209 Å². The number of carbonyl (C=O) groups is 12. The van der Waals surface area contributed by atoms with Crippen molar-refractivity contribution in [1.82, 2.24) is 77.7 Å². The number of nitrogens with one attached hydrogen (secondary N) is 12. The van der Waals surface area contributed by atoms with Crippen molar-refractivity contribution < 1.29 is 67.7 Å². The number of aliphatic imine (C=N–C) groups is 1. The molecule has 0 unspecified atom stereocenters. The molecule has 0 aliphatic carbocycles. The van der Waals surface area contributed by atoms with Gasteiger partial charge in [-0.25, -0.2) is 9.97 Å². The Kier molecular flexibility index (Phi) is 28.4. The van der Waals surface area contributed by atoms with Crippen LogP contribution >= 0.6 is 11.8 Å². The summed E-state index contributed by atoms with van der Waals surface area (Å²) in [5.41, 5.74) is 19.2. The van der Waals surface area contributed by atoms with E-state index in [1.807, 2.05) is 6.07 Å². The Morgan fingerprint density at radius 2 is 1.21 bits per heavy atom. The zero-order valence-electron chi connectivity index (χ0n) is 52.0. The average Bonchev–Trinajstić information content (AvgIpc) is 1.63. The van der Waals surface area contributed by atoms with Crippen LogP contribution in [0.25, 0.3) is 10.9 Å². The van der Waals surface area contributed by atoms with Crippen LogP contribution in [0.15, 0.2) is 60.5 Å². The van der Waals surface area contributed by atoms with Crippen LogP contribution in [0.1, 0.15) is 96.5 Å². The van der Waals surface area contributed by atoms with E-state index in [-0.39, 0.29) is 69.7 Å². The van der Waals surface area contributed by atoms with Gasteiger partial charge in [-0.1, -0.05) is 38.5 Å². The van der Waals surface area contributed by atoms with Gasteiger partial charge in [-0.05, 0) is 82.4 Å². The Labute approximate surface area is 534 Å². The maximum absolute atomic E-state index is 14.8. The fourth-order valence-electron chi connectivity index (χ4n) is 9.92. The molecule has 10 amide bonds. The van der Waals surface area contributed by atoms with Crippen molar-refractivity contribution in [3.8, 4) is 0 Å². The minimum absolute atomic E-state index is 0.00404. The van der Waals surface area contributed by atoms with E-state index in [1.54, 1.807) is 44.5 Å². The van der Waals surface area contributed by atoms with Crippen molar-refractivity contribution in [1.29, 1.82) is 0 Å². The Morgan fingerprint density at radius 3 is 1.80 bits per heavy atom. The third-order valence-electron chi connectivity index (χ3n) is 15.3. The van der Waals surface area contributed by atoms with Gasteiger partial charge >= 0.3 is 11.9 Å². The topological polar surface area (TPSA) is 520 Å². The summed E-state index contributed by atoms with van der Waals surface area (Å²) in [5.74, 6) is -11.8. The number of H-pyrrole nitrogens is 3. The number of nitrogens with two attached hydrogens (primary N) is 3. The lowest BCUT2D eigenvalue weighted by molar-refractivity contribution is -0.143. The van der Waals surface area contributed by atoms with Crippen LogP contribution < -0.4 is 65.1 Å². The molecule has 3 aromatic heterocycles. The van der Waals surface area contributed by atoms with Gasteiger partial charge in [-0.3, -0.25) is 62.5 Å². The smallest absolute Gasteiger partial charge is 0.325 e. The van der Waals surface area contributed by atoms with Crippen LogP contribution in [0.3, 0.4) is 0 Å². The largest absolute Gasteiger partial charge is 0.481 e. The van der Waals surface area contributed by atoms with Crippen molar-refractivity contribution in [3.63, 3.8) is 0 Å². The number of para-hydroxylation sites is 1.